The Morgan fingerprint density at radius 3 is 2.04 bits per heavy atom. The summed E-state index contributed by atoms with van der Waals surface area (Å²) in [6, 6.07) is 60.8. The number of aromatic nitrogens is 2. The lowest BCUT2D eigenvalue weighted by Crippen LogP contribution is -2.10. The number of para-hydroxylation sites is 4. The van der Waals surface area contributed by atoms with Gasteiger partial charge in [0.1, 0.15) is 22.3 Å². The molecule has 12 rings (SSSR count). The highest BCUT2D eigenvalue weighted by Gasteiger charge is 2.25. The molecule has 8 aromatic carbocycles. The van der Waals surface area contributed by atoms with Gasteiger partial charge in [-0.2, -0.15) is 0 Å². The molecule has 0 spiro atoms. The SMILES string of the molecule is c1ccc(-c2nc3c(ccc4oc5cc(N(c6cccc7c6oc6ccccc67)c6cccc7c6c6ccccc6n7-c6ccccc6)ccc5c43)o2)cc1. The van der Waals surface area contributed by atoms with E-state index in [2.05, 4.69) is 131 Å². The molecule has 0 saturated heterocycles. The van der Waals surface area contributed by atoms with Gasteiger partial charge in [-0.3, -0.25) is 0 Å². The third-order valence-electron chi connectivity index (χ3n) is 10.8. The van der Waals surface area contributed by atoms with Crippen LogP contribution < -0.4 is 4.90 Å². The Morgan fingerprint density at radius 1 is 0.436 bits per heavy atom. The maximum atomic E-state index is 6.72. The van der Waals surface area contributed by atoms with Crippen molar-refractivity contribution in [3.63, 3.8) is 0 Å². The molecule has 0 N–H and O–H groups in total. The lowest BCUT2D eigenvalue weighted by molar-refractivity contribution is 0.619. The smallest absolute Gasteiger partial charge is 0.227 e. The Morgan fingerprint density at radius 2 is 1.15 bits per heavy atom. The van der Waals surface area contributed by atoms with Crippen LogP contribution in [0.15, 0.2) is 189 Å². The molecule has 0 atom stereocenters. The van der Waals surface area contributed by atoms with Crippen molar-refractivity contribution in [2.75, 3.05) is 4.90 Å². The maximum absolute atomic E-state index is 6.72. The van der Waals surface area contributed by atoms with E-state index in [1.807, 2.05) is 54.6 Å². The molecule has 12 aromatic rings. The molecule has 0 unspecified atom stereocenters. The second-order valence-electron chi connectivity index (χ2n) is 13.9. The molecule has 0 fully saturated rings. The van der Waals surface area contributed by atoms with Gasteiger partial charge in [0.15, 0.2) is 11.2 Å². The van der Waals surface area contributed by atoms with Gasteiger partial charge in [-0.15, -0.1) is 0 Å². The summed E-state index contributed by atoms with van der Waals surface area (Å²) in [5, 5.41) is 6.34. The van der Waals surface area contributed by atoms with Crippen LogP contribution in [0.5, 0.6) is 0 Å². The van der Waals surface area contributed by atoms with Gasteiger partial charge in [-0.25, -0.2) is 4.98 Å². The molecule has 0 bridgehead atoms. The van der Waals surface area contributed by atoms with E-state index in [0.29, 0.717) is 5.89 Å². The monoisotopic (exact) mass is 707 g/mol. The number of hydrogen-bond acceptors (Lipinski definition) is 5. The molecule has 0 amide bonds. The van der Waals surface area contributed by atoms with Crippen molar-refractivity contribution in [2.45, 2.75) is 0 Å². The first-order valence-electron chi connectivity index (χ1n) is 18.4. The minimum absolute atomic E-state index is 0.585. The van der Waals surface area contributed by atoms with E-state index in [-0.39, 0.29) is 0 Å². The fraction of sp³-hybridized carbons (Fsp3) is 0. The molecular formula is C49H29N3O3. The average Bonchev–Trinajstić information content (AvgIpc) is 4.02. The van der Waals surface area contributed by atoms with E-state index in [4.69, 9.17) is 18.2 Å². The van der Waals surface area contributed by atoms with Gasteiger partial charge < -0.3 is 22.7 Å². The van der Waals surface area contributed by atoms with E-state index >= 15 is 0 Å². The van der Waals surface area contributed by atoms with Crippen molar-refractivity contribution in [2.24, 2.45) is 0 Å². The van der Waals surface area contributed by atoms with E-state index in [1.54, 1.807) is 0 Å². The molecule has 4 aromatic heterocycles. The molecule has 55 heavy (non-hydrogen) atoms. The molecule has 0 saturated carbocycles. The fourth-order valence-electron chi connectivity index (χ4n) is 8.44. The van der Waals surface area contributed by atoms with Crippen LogP contribution >= 0.6 is 0 Å². The van der Waals surface area contributed by atoms with Crippen molar-refractivity contribution in [1.29, 1.82) is 0 Å². The predicted octanol–water partition coefficient (Wildman–Crippen LogP) is 13.9. The van der Waals surface area contributed by atoms with Crippen LogP contribution in [0, 0.1) is 0 Å². The molecule has 0 aliphatic heterocycles. The summed E-state index contributed by atoms with van der Waals surface area (Å²) in [4.78, 5) is 7.30. The molecule has 4 heterocycles. The second-order valence-corrected chi connectivity index (χ2v) is 13.9. The topological polar surface area (TPSA) is 60.5 Å². The average molecular weight is 708 g/mol. The molecule has 258 valence electrons. The largest absolute Gasteiger partial charge is 0.456 e. The van der Waals surface area contributed by atoms with E-state index in [1.165, 1.54) is 0 Å². The van der Waals surface area contributed by atoms with Crippen LogP contribution in [-0.4, -0.2) is 9.55 Å². The van der Waals surface area contributed by atoms with E-state index in [9.17, 15) is 0 Å². The van der Waals surface area contributed by atoms with Crippen molar-refractivity contribution >= 4 is 93.8 Å². The molecule has 6 heteroatoms. The Kier molecular flexibility index (Phi) is 6.24. The minimum Gasteiger partial charge on any atom is -0.456 e. The molecule has 0 aliphatic carbocycles. The quantitative estimate of drug-likeness (QED) is 0.178. The van der Waals surface area contributed by atoms with Gasteiger partial charge in [0.25, 0.3) is 0 Å². The number of fused-ring (bicyclic) bond motifs is 11. The van der Waals surface area contributed by atoms with Gasteiger partial charge in [-0.1, -0.05) is 91.0 Å². The highest BCUT2D eigenvalue weighted by atomic mass is 16.4. The Hall–Kier alpha value is -7.57. The van der Waals surface area contributed by atoms with Gasteiger partial charge >= 0.3 is 0 Å². The Balaban J connectivity index is 1.14. The highest BCUT2D eigenvalue weighted by molar-refractivity contribution is 6.20. The second kappa shape index (κ2) is 11.5. The van der Waals surface area contributed by atoms with E-state index < -0.39 is 0 Å². The van der Waals surface area contributed by atoms with Crippen LogP contribution in [-0.2, 0) is 0 Å². The lowest BCUT2D eigenvalue weighted by Gasteiger charge is -2.26. The summed E-state index contributed by atoms with van der Waals surface area (Å²) >= 11 is 0. The van der Waals surface area contributed by atoms with Crippen LogP contribution in [0.2, 0.25) is 0 Å². The summed E-state index contributed by atoms with van der Waals surface area (Å²) in [6.07, 6.45) is 0. The first kappa shape index (κ1) is 29.9. The number of furan rings is 2. The summed E-state index contributed by atoms with van der Waals surface area (Å²) in [7, 11) is 0. The number of oxazole rings is 1. The molecule has 0 aliphatic rings. The first-order valence-corrected chi connectivity index (χ1v) is 18.4. The minimum atomic E-state index is 0.585. The summed E-state index contributed by atoms with van der Waals surface area (Å²) in [5.41, 5.74) is 11.9. The van der Waals surface area contributed by atoms with Crippen LogP contribution in [0.1, 0.15) is 0 Å². The maximum Gasteiger partial charge on any atom is 0.227 e. The third kappa shape index (κ3) is 4.39. The fourth-order valence-corrected chi connectivity index (χ4v) is 8.44. The number of nitrogens with zero attached hydrogens (tertiary/aromatic N) is 3. The van der Waals surface area contributed by atoms with Crippen molar-refractivity contribution in [3.8, 4) is 17.1 Å². The van der Waals surface area contributed by atoms with Crippen LogP contribution in [0.3, 0.4) is 0 Å². The van der Waals surface area contributed by atoms with Crippen molar-refractivity contribution < 1.29 is 13.3 Å². The lowest BCUT2D eigenvalue weighted by atomic mass is 10.1. The zero-order valence-corrected chi connectivity index (χ0v) is 29.3. The normalized spacial score (nSPS) is 12.0. The summed E-state index contributed by atoms with van der Waals surface area (Å²) in [6.45, 7) is 0. The third-order valence-corrected chi connectivity index (χ3v) is 10.8. The van der Waals surface area contributed by atoms with Gasteiger partial charge in [0.05, 0.1) is 33.5 Å². The Labute approximate surface area is 313 Å². The number of rotatable bonds is 5. The predicted molar refractivity (Wildman–Crippen MR) is 223 cm³/mol. The number of hydrogen-bond donors (Lipinski definition) is 0. The summed E-state index contributed by atoms with van der Waals surface area (Å²) in [5.74, 6) is 0.585. The summed E-state index contributed by atoms with van der Waals surface area (Å²) < 4.78 is 22.0. The van der Waals surface area contributed by atoms with Crippen LogP contribution in [0.25, 0.3) is 93.9 Å². The first-order chi connectivity index (χ1) is 27.3. The molecule has 0 radical (unpaired) electrons. The van der Waals surface area contributed by atoms with Gasteiger partial charge in [0, 0.05) is 44.2 Å². The number of anilines is 3. The standard InChI is InChI=1S/C49H29N3O3/c1-3-13-30(14-4-1)49-50-47-43(55-49)28-27-42-46(47)36-26-25-32(29-44(36)53-42)52(40-23-11-19-34-33-17-8-10-24-41(33)54-48(34)40)39-22-12-21-38-45(39)35-18-7-9-20-37(35)51(38)31-15-5-2-6-16-31/h1-29H. The molecule has 6 nitrogen and oxygen atoms in total. The van der Waals surface area contributed by atoms with Gasteiger partial charge in [-0.05, 0) is 78.9 Å². The van der Waals surface area contributed by atoms with Crippen molar-refractivity contribution in [1.82, 2.24) is 9.55 Å². The zero-order chi connectivity index (χ0) is 36.0. The van der Waals surface area contributed by atoms with E-state index in [0.717, 1.165) is 105 Å². The zero-order valence-electron chi connectivity index (χ0n) is 29.3. The molecular weight excluding hydrogens is 679 g/mol. The Bertz CT molecular complexity index is 3440. The highest BCUT2D eigenvalue weighted by Crippen LogP contribution is 2.48. The van der Waals surface area contributed by atoms with Gasteiger partial charge in [0.2, 0.25) is 5.89 Å². The van der Waals surface area contributed by atoms with Crippen LogP contribution in [0.4, 0.5) is 17.1 Å². The van der Waals surface area contributed by atoms with Crippen molar-refractivity contribution in [3.05, 3.63) is 176 Å². The number of benzene rings is 8.